The van der Waals surface area contributed by atoms with Gasteiger partial charge in [-0.25, -0.2) is 87.8 Å². The molecule has 5 aromatic carbocycles. The van der Waals surface area contributed by atoms with Crippen LogP contribution in [0.4, 0.5) is 87.8 Å². The maximum absolute atomic E-state index is 15.4. The van der Waals surface area contributed by atoms with Gasteiger partial charge in [0, 0.05) is 10.9 Å². The van der Waals surface area contributed by atoms with E-state index in [9.17, 15) is 52.7 Å². The van der Waals surface area contributed by atoms with Gasteiger partial charge in [0.15, 0.2) is 80.5 Å². The van der Waals surface area contributed by atoms with E-state index in [4.69, 9.17) is 4.74 Å². The highest BCUT2D eigenvalue weighted by molar-refractivity contribution is 7.95. The third-order valence-corrected chi connectivity index (χ3v) is 10.8. The average Bonchev–Trinajstić information content (AvgIpc) is 3.74. The van der Waals surface area contributed by atoms with Crippen molar-refractivity contribution in [3.8, 4) is 5.75 Å². The highest BCUT2D eigenvalue weighted by Crippen LogP contribution is 2.32. The Labute approximate surface area is 326 Å². The lowest BCUT2D eigenvalue weighted by Crippen LogP contribution is -2.81. The van der Waals surface area contributed by atoms with Crippen molar-refractivity contribution in [2.75, 3.05) is 12.5 Å². The molecule has 1 aliphatic carbocycles. The molecule has 0 saturated heterocycles. The van der Waals surface area contributed by atoms with E-state index in [0.717, 1.165) is 5.75 Å². The summed E-state index contributed by atoms with van der Waals surface area (Å²) < 4.78 is 300. The van der Waals surface area contributed by atoms with Crippen LogP contribution in [0.25, 0.3) is 0 Å². The molecule has 0 radical (unpaired) electrons. The summed E-state index contributed by atoms with van der Waals surface area (Å²) in [5, 5.41) is 0. The van der Waals surface area contributed by atoms with E-state index in [1.165, 1.54) is 30.6 Å². The fraction of sp³-hybridized carbons (Fsp3) is 0.189. The van der Waals surface area contributed by atoms with Crippen molar-refractivity contribution in [3.05, 3.63) is 141 Å². The summed E-state index contributed by atoms with van der Waals surface area (Å²) in [4.78, 5) is 1.37. The molecule has 0 bridgehead atoms. The number of hydrogen-bond acceptors (Lipinski definition) is 1. The molecule has 5 aromatic rings. The molecular formula is C37H19BF20OS. The van der Waals surface area contributed by atoms with Crippen molar-refractivity contribution >= 4 is 38.9 Å². The van der Waals surface area contributed by atoms with Crippen LogP contribution in [-0.2, 0) is 10.9 Å². The molecule has 0 aromatic heterocycles. The first-order valence-electron chi connectivity index (χ1n) is 16.5. The molecular weight excluding hydrogens is 883 g/mol. The number of rotatable bonds is 7. The highest BCUT2D eigenvalue weighted by Gasteiger charge is 2.52. The molecule has 23 heteroatoms. The van der Waals surface area contributed by atoms with Crippen molar-refractivity contribution in [2.24, 2.45) is 0 Å². The van der Waals surface area contributed by atoms with Crippen LogP contribution in [0.2, 0.25) is 0 Å². The third-order valence-electron chi connectivity index (χ3n) is 9.59. The minimum atomic E-state index is -7.22. The first-order chi connectivity index (χ1) is 28.0. The molecule has 1 nitrogen and oxygen atoms in total. The predicted octanol–water partition coefficient (Wildman–Crippen LogP) is 9.09. The summed E-state index contributed by atoms with van der Waals surface area (Å²) in [5.74, 6) is -70.3. The van der Waals surface area contributed by atoms with Gasteiger partial charge in [0.05, 0.1) is 6.10 Å². The second-order valence-corrected chi connectivity index (χ2v) is 15.2. The Morgan fingerprint density at radius 1 is 0.383 bits per heavy atom. The molecule has 1 aliphatic rings. The molecule has 0 spiro atoms. The molecule has 6 rings (SSSR count). The molecule has 322 valence electrons. The number of ether oxygens (including phenoxy) is 1. The van der Waals surface area contributed by atoms with E-state index < -0.39 is 144 Å². The predicted molar refractivity (Wildman–Crippen MR) is 176 cm³/mol. The van der Waals surface area contributed by atoms with Crippen molar-refractivity contribution in [3.63, 3.8) is 0 Å². The van der Waals surface area contributed by atoms with E-state index in [1.807, 2.05) is 0 Å². The van der Waals surface area contributed by atoms with E-state index in [-0.39, 0.29) is 10.9 Å². The number of halogens is 20. The van der Waals surface area contributed by atoms with Gasteiger partial charge in [-0.05, 0) is 37.8 Å². The SMILES string of the molecule is C[S+](C)c1ccccc1OC1CCCC1.Fc1c(F)c(F)c([B-](c2c(F)c(F)c(F)c(F)c2F)(c2c(F)c(F)c(F)c(F)c2F)c2c(F)c(F)c(F)c(F)c2F)c(F)c1F. The van der Waals surface area contributed by atoms with E-state index in [2.05, 4.69) is 36.8 Å². The fourth-order valence-electron chi connectivity index (χ4n) is 6.94. The Kier molecular flexibility index (Phi) is 13.1. The smallest absolute Gasteiger partial charge is 0.200 e. The Hall–Kier alpha value is -5.09. The first-order valence-corrected chi connectivity index (χ1v) is 18.6. The van der Waals surface area contributed by atoms with Crippen molar-refractivity contribution in [1.29, 1.82) is 0 Å². The first kappa shape index (κ1) is 46.0. The topological polar surface area (TPSA) is 9.23 Å². The monoisotopic (exact) mass is 902 g/mol. The molecule has 60 heavy (non-hydrogen) atoms. The van der Waals surface area contributed by atoms with Crippen molar-refractivity contribution < 1.29 is 92.5 Å². The van der Waals surface area contributed by atoms with Crippen LogP contribution in [0.3, 0.4) is 0 Å². The highest BCUT2D eigenvalue weighted by atomic mass is 32.2. The van der Waals surface area contributed by atoms with Gasteiger partial charge in [-0.1, -0.05) is 12.1 Å². The zero-order chi connectivity index (χ0) is 45.0. The van der Waals surface area contributed by atoms with Gasteiger partial charge in [-0.3, -0.25) is 0 Å². The van der Waals surface area contributed by atoms with Gasteiger partial charge < -0.3 is 4.74 Å². The fourth-order valence-corrected chi connectivity index (χ4v) is 7.81. The summed E-state index contributed by atoms with van der Waals surface area (Å²) in [6.45, 7) is 0. The standard InChI is InChI=1S/C24BF20.C13H19OS/c26-5-1(6(27)14(35)21(42)13(5)34)25(2-7(28)15(36)22(43)16(37)8(2)29,3-9(30)17(38)23(44)18(39)10(3)31)4-11(32)19(40)24(45)20(41)12(4)33;1-15(2)13-10-6-5-9-12(13)14-11-7-3-4-8-11/h;5-6,9-11H,3-4,7-8H2,1-2H3/q-1;+1. The van der Waals surface area contributed by atoms with Crippen molar-refractivity contribution in [2.45, 2.75) is 36.7 Å². The number of benzene rings is 5. The van der Waals surface area contributed by atoms with Crippen LogP contribution in [0, 0.1) is 116 Å². The molecule has 0 heterocycles. The van der Waals surface area contributed by atoms with Crippen LogP contribution in [0.5, 0.6) is 5.75 Å². The number of para-hydroxylation sites is 1. The Morgan fingerprint density at radius 3 is 0.867 bits per heavy atom. The summed E-state index contributed by atoms with van der Waals surface area (Å²) in [7, 11) is 0.285. The molecule has 0 unspecified atom stereocenters. The van der Waals surface area contributed by atoms with Crippen LogP contribution in [-0.4, -0.2) is 24.8 Å². The van der Waals surface area contributed by atoms with E-state index >= 15 is 35.1 Å². The molecule has 1 saturated carbocycles. The second-order valence-electron chi connectivity index (χ2n) is 13.1. The van der Waals surface area contributed by atoms with Gasteiger partial charge in [-0.15, -0.1) is 21.9 Å². The summed E-state index contributed by atoms with van der Waals surface area (Å²) in [6.07, 6.45) is 2.87. The summed E-state index contributed by atoms with van der Waals surface area (Å²) in [6, 6.07) is 8.47. The normalized spacial score (nSPS) is 13.3. The third kappa shape index (κ3) is 7.18. The zero-order valence-electron chi connectivity index (χ0n) is 29.7. The van der Waals surface area contributed by atoms with Crippen LogP contribution >= 0.6 is 0 Å². The Morgan fingerprint density at radius 2 is 0.617 bits per heavy atom. The van der Waals surface area contributed by atoms with Crippen LogP contribution in [0.15, 0.2) is 29.2 Å². The lowest BCUT2D eigenvalue weighted by molar-refractivity contribution is 0.205. The molecule has 0 amide bonds. The summed E-state index contributed by atoms with van der Waals surface area (Å²) in [5.41, 5.74) is -14.3. The average molecular weight is 902 g/mol. The maximum Gasteiger partial charge on any atom is 0.200 e. The second kappa shape index (κ2) is 17.1. The molecule has 1 fully saturated rings. The molecule has 0 aliphatic heterocycles. The number of hydrogen-bond donors (Lipinski definition) is 0. The minimum Gasteiger partial charge on any atom is -0.485 e. The van der Waals surface area contributed by atoms with Gasteiger partial charge in [0.2, 0.25) is 0 Å². The van der Waals surface area contributed by atoms with E-state index in [0.29, 0.717) is 6.10 Å². The minimum absolute atomic E-state index is 0.285. The Balaban J connectivity index is 0.000000379. The molecule has 0 N–H and O–H groups in total. The largest absolute Gasteiger partial charge is 0.485 e. The summed E-state index contributed by atoms with van der Waals surface area (Å²) >= 11 is 0. The van der Waals surface area contributed by atoms with Gasteiger partial charge in [0.25, 0.3) is 0 Å². The maximum atomic E-state index is 15.4. The quantitative estimate of drug-likeness (QED) is 0.0521. The van der Waals surface area contributed by atoms with Gasteiger partial charge in [0.1, 0.15) is 65.2 Å². The lowest BCUT2D eigenvalue weighted by atomic mass is 9.12. The lowest BCUT2D eigenvalue weighted by Gasteiger charge is -2.44. The Bertz CT molecular complexity index is 2140. The molecule has 0 atom stereocenters. The van der Waals surface area contributed by atoms with E-state index in [1.54, 1.807) is 0 Å². The van der Waals surface area contributed by atoms with Crippen molar-refractivity contribution in [1.82, 2.24) is 0 Å². The van der Waals surface area contributed by atoms with Gasteiger partial charge >= 0.3 is 0 Å². The van der Waals surface area contributed by atoms with Crippen LogP contribution in [0.1, 0.15) is 25.7 Å². The zero-order valence-corrected chi connectivity index (χ0v) is 30.5. The van der Waals surface area contributed by atoms with Gasteiger partial charge in [-0.2, -0.15) is 0 Å². The van der Waals surface area contributed by atoms with Crippen LogP contribution < -0.4 is 26.6 Å².